The molecule has 11 heteroatoms. The van der Waals surface area contributed by atoms with Gasteiger partial charge in [-0.15, -0.1) is 0 Å². The molecule has 2 N–H and O–H groups in total. The van der Waals surface area contributed by atoms with Gasteiger partial charge in [0.05, 0.1) is 0 Å². The number of halogens is 2. The maximum absolute atomic E-state index is 11.8. The van der Waals surface area contributed by atoms with Crippen molar-refractivity contribution in [1.29, 1.82) is 0 Å². The molecule has 0 amide bonds. The summed E-state index contributed by atoms with van der Waals surface area (Å²) in [4.78, 5) is 0. The van der Waals surface area contributed by atoms with Crippen LogP contribution in [-0.2, 0) is 42.6 Å². The summed E-state index contributed by atoms with van der Waals surface area (Å²) < 4.78 is 71.3. The third-order valence-electron chi connectivity index (χ3n) is 0.601. The smallest absolute Gasteiger partial charge is 0.280 e. The average Bonchev–Trinajstić information content (AvgIpc) is 1.58. The molecule has 0 saturated carbocycles. The van der Waals surface area contributed by atoms with Gasteiger partial charge in [-0.2, -0.15) is 25.6 Å². The van der Waals surface area contributed by atoms with Crippen LogP contribution in [0.5, 0.6) is 0 Å². The predicted octanol–water partition coefficient (Wildman–Crippen LogP) is -0.690. The molecule has 0 spiro atoms. The van der Waals surface area contributed by atoms with E-state index in [1.165, 1.54) is 0 Å². The van der Waals surface area contributed by atoms with E-state index < -0.39 is 24.8 Å². The van der Waals surface area contributed by atoms with Crippen molar-refractivity contribution < 1.29 is 57.1 Å². The van der Waals surface area contributed by atoms with Crippen LogP contribution in [0.3, 0.4) is 0 Å². The summed E-state index contributed by atoms with van der Waals surface area (Å²) in [5.41, 5.74) is 0. The molecule has 0 rings (SSSR count). The zero-order chi connectivity index (χ0) is 9.50. The molecule has 12 heavy (non-hydrogen) atoms. The molecule has 79 valence electrons. The van der Waals surface area contributed by atoms with E-state index in [0.29, 0.717) is 0 Å². The van der Waals surface area contributed by atoms with Gasteiger partial charge < -0.3 is 0 Å². The third kappa shape index (κ3) is 2.73. The van der Waals surface area contributed by atoms with Crippen LogP contribution in [0.2, 0.25) is 0 Å². The van der Waals surface area contributed by atoms with Crippen molar-refractivity contribution in [2.45, 2.75) is 4.59 Å². The number of hydrogen-bond donors (Lipinski definition) is 2. The van der Waals surface area contributed by atoms with Crippen molar-refractivity contribution in [1.82, 2.24) is 0 Å². The second-order valence-electron chi connectivity index (χ2n) is 1.41. The van der Waals surface area contributed by atoms with Gasteiger partial charge in [0, 0.05) is 22.4 Å². The maximum Gasteiger partial charge on any atom is 0.495 e. The standard InChI is InChI=1S/CH2F2O6S2.Ag/c2-1(3,10(4,5)6)11(7,8)9;/h(H,4,5,6)(H,7,8,9);. The molecule has 0 unspecified atom stereocenters. The van der Waals surface area contributed by atoms with Gasteiger partial charge in [0.25, 0.3) is 0 Å². The van der Waals surface area contributed by atoms with Crippen molar-refractivity contribution in [3.63, 3.8) is 0 Å². The molecule has 0 aromatic rings. The molecule has 0 atom stereocenters. The number of rotatable bonds is 2. The summed E-state index contributed by atoms with van der Waals surface area (Å²) in [5.74, 6) is 0. The molecule has 0 saturated heterocycles. The Kier molecular flexibility index (Phi) is 4.54. The fourth-order valence-corrected chi connectivity index (χ4v) is 1.20. The first-order chi connectivity index (χ1) is 4.50. The Labute approximate surface area is 82.0 Å². The van der Waals surface area contributed by atoms with Gasteiger partial charge in [-0.1, -0.05) is 0 Å². The Hall–Kier alpha value is 0.420. The molecule has 1 radical (unpaired) electrons. The topological polar surface area (TPSA) is 109 Å². The summed E-state index contributed by atoms with van der Waals surface area (Å²) in [6.07, 6.45) is 0. The van der Waals surface area contributed by atoms with Crippen LogP contribution < -0.4 is 0 Å². The van der Waals surface area contributed by atoms with Gasteiger partial charge in [-0.3, -0.25) is 9.11 Å². The number of hydrogen-bond acceptors (Lipinski definition) is 4. The normalized spacial score (nSPS) is 13.7. The molecule has 0 aliphatic carbocycles. The van der Waals surface area contributed by atoms with Crippen molar-refractivity contribution in [3.8, 4) is 0 Å². The zero-order valence-electron chi connectivity index (χ0n) is 4.90. The van der Waals surface area contributed by atoms with Gasteiger partial charge >= 0.3 is 24.8 Å². The van der Waals surface area contributed by atoms with Gasteiger partial charge in [-0.25, -0.2) is 0 Å². The maximum atomic E-state index is 11.8. The molecule has 0 heterocycles. The van der Waals surface area contributed by atoms with Gasteiger partial charge in [-0.05, 0) is 0 Å². The molecule has 0 aromatic heterocycles. The van der Waals surface area contributed by atoms with Crippen LogP contribution in [-0.4, -0.2) is 30.5 Å². The second-order valence-corrected chi connectivity index (χ2v) is 4.60. The molecule has 0 aliphatic rings. The quantitative estimate of drug-likeness (QED) is 0.515. The van der Waals surface area contributed by atoms with E-state index in [9.17, 15) is 25.6 Å². The fraction of sp³-hybridized carbons (Fsp3) is 1.00. The Balaban J connectivity index is 0. The van der Waals surface area contributed by atoms with Crippen molar-refractivity contribution in [3.05, 3.63) is 0 Å². The van der Waals surface area contributed by atoms with E-state index in [0.717, 1.165) is 0 Å². The van der Waals surface area contributed by atoms with E-state index >= 15 is 0 Å². The minimum Gasteiger partial charge on any atom is -0.280 e. The van der Waals surface area contributed by atoms with E-state index in [4.69, 9.17) is 9.11 Å². The van der Waals surface area contributed by atoms with Crippen LogP contribution in [0.1, 0.15) is 0 Å². The Morgan fingerprint density at radius 2 is 1.08 bits per heavy atom. The molecule has 6 nitrogen and oxygen atoms in total. The van der Waals surface area contributed by atoms with Crippen LogP contribution in [0.25, 0.3) is 0 Å². The summed E-state index contributed by atoms with van der Waals surface area (Å²) >= 11 is 0. The van der Waals surface area contributed by atoms with Crippen molar-refractivity contribution in [2.75, 3.05) is 0 Å². The zero-order valence-corrected chi connectivity index (χ0v) is 8.02. The summed E-state index contributed by atoms with van der Waals surface area (Å²) in [5, 5.41) is 0. The third-order valence-corrected chi connectivity index (χ3v) is 3.07. The molecule has 0 aliphatic heterocycles. The molecular weight excluding hydrogens is 318 g/mol. The van der Waals surface area contributed by atoms with Crippen molar-refractivity contribution >= 4 is 20.2 Å². The summed E-state index contributed by atoms with van der Waals surface area (Å²) in [6, 6.07) is 0. The minimum atomic E-state index is -6.13. The van der Waals surface area contributed by atoms with Gasteiger partial charge in [0.1, 0.15) is 0 Å². The summed E-state index contributed by atoms with van der Waals surface area (Å²) in [6.45, 7) is 0. The average molecular weight is 320 g/mol. The minimum absolute atomic E-state index is 0. The van der Waals surface area contributed by atoms with Crippen LogP contribution in [0, 0.1) is 0 Å². The first kappa shape index (κ1) is 14.9. The Morgan fingerprint density at radius 3 is 1.08 bits per heavy atom. The Morgan fingerprint density at radius 1 is 0.917 bits per heavy atom. The summed E-state index contributed by atoms with van der Waals surface area (Å²) in [7, 11) is -12.3. The Bertz CT molecular complexity index is 306. The second kappa shape index (κ2) is 3.65. The van der Waals surface area contributed by atoms with Crippen LogP contribution in [0.15, 0.2) is 0 Å². The molecule has 0 bridgehead atoms. The largest absolute Gasteiger partial charge is 0.495 e. The van der Waals surface area contributed by atoms with Gasteiger partial charge in [0.15, 0.2) is 0 Å². The predicted molar refractivity (Wildman–Crippen MR) is 28.0 cm³/mol. The molecule has 0 fully saturated rings. The number of alkyl halides is 2. The van der Waals surface area contributed by atoms with Crippen LogP contribution in [0.4, 0.5) is 8.78 Å². The van der Waals surface area contributed by atoms with E-state index in [1.807, 2.05) is 0 Å². The van der Waals surface area contributed by atoms with E-state index in [-0.39, 0.29) is 22.4 Å². The fourth-order valence-electron chi connectivity index (χ4n) is 0.133. The van der Waals surface area contributed by atoms with Crippen molar-refractivity contribution in [2.24, 2.45) is 0 Å². The first-order valence-corrected chi connectivity index (χ1v) is 4.70. The SMILES string of the molecule is O=S(=O)(O)C(F)(F)S(=O)(=O)O.[Ag]. The molecular formula is CH2AgF2O6S2. The molecule has 0 aromatic carbocycles. The van der Waals surface area contributed by atoms with E-state index in [1.54, 1.807) is 0 Å². The first-order valence-electron chi connectivity index (χ1n) is 1.82. The van der Waals surface area contributed by atoms with E-state index in [2.05, 4.69) is 0 Å². The van der Waals surface area contributed by atoms with Gasteiger partial charge in [0.2, 0.25) is 0 Å². The monoisotopic (exact) mass is 319 g/mol. The van der Waals surface area contributed by atoms with Crippen LogP contribution >= 0.6 is 0 Å².